The van der Waals surface area contributed by atoms with Crippen LogP contribution in [-0.2, 0) is 8.85 Å². The zero-order chi connectivity index (χ0) is 11.7. The highest BCUT2D eigenvalue weighted by molar-refractivity contribution is 6.48. The van der Waals surface area contributed by atoms with Gasteiger partial charge in [-0.2, -0.15) is 0 Å². The molecular formula is C10H26N2O2Si. The molecule has 0 saturated heterocycles. The first kappa shape index (κ1) is 15.1. The van der Waals surface area contributed by atoms with Crippen LogP contribution in [0.1, 0.15) is 40.5 Å². The van der Waals surface area contributed by atoms with Crippen LogP contribution in [-0.4, -0.2) is 34.3 Å². The van der Waals surface area contributed by atoms with Crippen LogP contribution < -0.4 is 11.1 Å². The smallest absolute Gasteiger partial charge is 0.357 e. The van der Waals surface area contributed by atoms with Gasteiger partial charge in [-0.1, -0.05) is 20.3 Å². The number of rotatable bonds is 9. The van der Waals surface area contributed by atoms with E-state index in [4.69, 9.17) is 14.6 Å². The van der Waals surface area contributed by atoms with Crippen LogP contribution in [0.25, 0.3) is 0 Å². The Labute approximate surface area is 95.4 Å². The van der Waals surface area contributed by atoms with Crippen molar-refractivity contribution in [1.82, 2.24) is 5.32 Å². The summed E-state index contributed by atoms with van der Waals surface area (Å²) in [6, 6.07) is 0. The molecule has 0 aliphatic carbocycles. The van der Waals surface area contributed by atoms with Crippen LogP contribution in [0, 0.1) is 0 Å². The van der Waals surface area contributed by atoms with Gasteiger partial charge in [-0.25, -0.2) is 0 Å². The highest BCUT2D eigenvalue weighted by atomic mass is 28.3. The summed E-state index contributed by atoms with van der Waals surface area (Å²) in [6.07, 6.45) is 1.94. The monoisotopic (exact) mass is 234 g/mol. The Hall–Kier alpha value is 0.0569. The van der Waals surface area contributed by atoms with E-state index in [1.807, 2.05) is 13.8 Å². The molecule has 15 heavy (non-hydrogen) atoms. The summed E-state index contributed by atoms with van der Waals surface area (Å²) in [6.45, 7) is 10.3. The molecule has 0 aliphatic heterocycles. The van der Waals surface area contributed by atoms with Crippen molar-refractivity contribution in [3.63, 3.8) is 0 Å². The van der Waals surface area contributed by atoms with E-state index in [-0.39, 0.29) is 0 Å². The first-order valence-electron chi connectivity index (χ1n) is 5.91. The predicted octanol–water partition coefficient (Wildman–Crippen LogP) is 0.884. The Morgan fingerprint density at radius 1 is 1.13 bits per heavy atom. The summed E-state index contributed by atoms with van der Waals surface area (Å²) in [5.74, 6) is 0. The Bertz CT molecular complexity index is 146. The third-order valence-corrected chi connectivity index (χ3v) is 4.83. The third kappa shape index (κ3) is 5.08. The molecule has 0 amide bonds. The van der Waals surface area contributed by atoms with Gasteiger partial charge in [0, 0.05) is 13.2 Å². The SMILES string of the molecule is CCCC(N)(NCC)[SiH](OCC)OCC. The fourth-order valence-corrected chi connectivity index (χ4v) is 3.87. The second-order valence-electron chi connectivity index (χ2n) is 3.56. The van der Waals surface area contributed by atoms with E-state index in [0.29, 0.717) is 13.2 Å². The van der Waals surface area contributed by atoms with E-state index < -0.39 is 14.6 Å². The van der Waals surface area contributed by atoms with Crippen molar-refractivity contribution in [3.8, 4) is 0 Å². The number of hydrogen-bond acceptors (Lipinski definition) is 4. The Balaban J connectivity index is 4.48. The molecule has 0 spiro atoms. The molecular weight excluding hydrogens is 208 g/mol. The van der Waals surface area contributed by atoms with E-state index in [1.165, 1.54) is 0 Å². The molecule has 0 aliphatic rings. The molecule has 4 nitrogen and oxygen atoms in total. The fraction of sp³-hybridized carbons (Fsp3) is 1.00. The second-order valence-corrected chi connectivity index (χ2v) is 5.92. The first-order chi connectivity index (χ1) is 7.14. The van der Waals surface area contributed by atoms with Crippen molar-refractivity contribution >= 4 is 9.28 Å². The maximum absolute atomic E-state index is 6.34. The van der Waals surface area contributed by atoms with Gasteiger partial charge in [-0.3, -0.25) is 5.32 Å². The lowest BCUT2D eigenvalue weighted by Gasteiger charge is -2.35. The van der Waals surface area contributed by atoms with Crippen molar-refractivity contribution in [3.05, 3.63) is 0 Å². The molecule has 0 saturated carbocycles. The molecule has 1 unspecified atom stereocenters. The molecule has 0 aromatic carbocycles. The van der Waals surface area contributed by atoms with E-state index >= 15 is 0 Å². The minimum absolute atomic E-state index is 0.435. The topological polar surface area (TPSA) is 56.5 Å². The van der Waals surface area contributed by atoms with Crippen LogP contribution in [0.3, 0.4) is 0 Å². The fourth-order valence-electron chi connectivity index (χ4n) is 1.68. The average Bonchev–Trinajstić information content (AvgIpc) is 2.18. The number of hydrogen-bond donors (Lipinski definition) is 2. The molecule has 92 valence electrons. The molecule has 0 aromatic rings. The molecule has 5 heteroatoms. The lowest BCUT2D eigenvalue weighted by Crippen LogP contribution is -2.66. The summed E-state index contributed by atoms with van der Waals surface area (Å²) in [4.78, 5) is 0. The number of nitrogens with two attached hydrogens (primary N) is 1. The van der Waals surface area contributed by atoms with Crippen LogP contribution in [0.4, 0.5) is 0 Å². The second kappa shape index (κ2) is 8.24. The summed E-state index contributed by atoms with van der Waals surface area (Å²) in [7, 11) is -1.83. The van der Waals surface area contributed by atoms with Gasteiger partial charge in [-0.05, 0) is 26.8 Å². The highest BCUT2D eigenvalue weighted by Gasteiger charge is 2.37. The minimum atomic E-state index is -1.83. The van der Waals surface area contributed by atoms with Gasteiger partial charge < -0.3 is 14.6 Å². The van der Waals surface area contributed by atoms with Crippen molar-refractivity contribution < 1.29 is 8.85 Å². The Kier molecular flexibility index (Phi) is 8.27. The van der Waals surface area contributed by atoms with Gasteiger partial charge in [-0.15, -0.1) is 0 Å². The van der Waals surface area contributed by atoms with Crippen molar-refractivity contribution in [2.75, 3.05) is 19.8 Å². The van der Waals surface area contributed by atoms with Gasteiger partial charge >= 0.3 is 9.28 Å². The first-order valence-corrected chi connectivity index (χ1v) is 7.43. The molecule has 0 rings (SSSR count). The maximum atomic E-state index is 6.34. The average molecular weight is 234 g/mol. The third-order valence-electron chi connectivity index (χ3n) is 2.23. The van der Waals surface area contributed by atoms with E-state index in [2.05, 4.69) is 19.2 Å². The van der Waals surface area contributed by atoms with Gasteiger partial charge in [0.25, 0.3) is 0 Å². The largest absolute Gasteiger partial charge is 0.395 e. The lowest BCUT2D eigenvalue weighted by atomic mass is 10.3. The molecule has 1 atom stereocenters. The zero-order valence-corrected chi connectivity index (χ0v) is 11.7. The molecule has 0 aromatic heterocycles. The normalized spacial score (nSPS) is 15.6. The van der Waals surface area contributed by atoms with Gasteiger partial charge in [0.2, 0.25) is 0 Å². The van der Waals surface area contributed by atoms with E-state index in [9.17, 15) is 0 Å². The van der Waals surface area contributed by atoms with Gasteiger partial charge in [0.05, 0.1) is 0 Å². The molecule has 3 N–H and O–H groups in total. The molecule has 0 fully saturated rings. The quantitative estimate of drug-likeness (QED) is 0.459. The summed E-state index contributed by atoms with van der Waals surface area (Å²) < 4.78 is 11.4. The van der Waals surface area contributed by atoms with E-state index in [0.717, 1.165) is 19.4 Å². The lowest BCUT2D eigenvalue weighted by molar-refractivity contribution is 0.172. The van der Waals surface area contributed by atoms with Crippen LogP contribution >= 0.6 is 0 Å². The predicted molar refractivity (Wildman–Crippen MR) is 65.9 cm³/mol. The van der Waals surface area contributed by atoms with Crippen molar-refractivity contribution in [1.29, 1.82) is 0 Å². The van der Waals surface area contributed by atoms with Crippen molar-refractivity contribution in [2.24, 2.45) is 5.73 Å². The van der Waals surface area contributed by atoms with Gasteiger partial charge in [0.15, 0.2) is 0 Å². The summed E-state index contributed by atoms with van der Waals surface area (Å²) in [5, 5.41) is 2.88. The standard InChI is InChI=1S/C10H26N2O2Si/c1-5-9-10(11,12-6-2)15(13-7-3)14-8-4/h12,15H,5-9,11H2,1-4H3. The van der Waals surface area contributed by atoms with E-state index in [1.54, 1.807) is 0 Å². The highest BCUT2D eigenvalue weighted by Crippen LogP contribution is 2.12. The zero-order valence-electron chi connectivity index (χ0n) is 10.5. The van der Waals surface area contributed by atoms with Crippen molar-refractivity contribution in [2.45, 2.75) is 45.8 Å². The van der Waals surface area contributed by atoms with Crippen LogP contribution in [0.2, 0.25) is 0 Å². The Morgan fingerprint density at radius 2 is 1.67 bits per heavy atom. The van der Waals surface area contributed by atoms with Crippen LogP contribution in [0.5, 0.6) is 0 Å². The molecule has 0 radical (unpaired) electrons. The van der Waals surface area contributed by atoms with Crippen LogP contribution in [0.15, 0.2) is 0 Å². The minimum Gasteiger partial charge on any atom is -0.395 e. The number of nitrogens with one attached hydrogen (secondary N) is 1. The molecule has 0 heterocycles. The molecule has 0 bridgehead atoms. The maximum Gasteiger partial charge on any atom is 0.357 e. The summed E-state index contributed by atoms with van der Waals surface area (Å²) in [5.41, 5.74) is 6.34. The van der Waals surface area contributed by atoms with Gasteiger partial charge in [0.1, 0.15) is 5.29 Å². The Morgan fingerprint density at radius 3 is 2.00 bits per heavy atom. The summed E-state index contributed by atoms with van der Waals surface area (Å²) >= 11 is 0.